The van der Waals surface area contributed by atoms with Crippen molar-refractivity contribution >= 4 is 5.78 Å². The number of benzene rings is 2. The van der Waals surface area contributed by atoms with Crippen LogP contribution in [-0.4, -0.2) is 19.0 Å². The summed E-state index contributed by atoms with van der Waals surface area (Å²) in [5, 5.41) is 0. The molecule has 4 rings (SSSR count). The van der Waals surface area contributed by atoms with E-state index in [2.05, 4.69) is 24.3 Å². The molecule has 1 atom stereocenters. The van der Waals surface area contributed by atoms with Crippen LogP contribution in [0.4, 0.5) is 0 Å². The molecule has 3 heteroatoms. The molecule has 140 valence electrons. The van der Waals surface area contributed by atoms with Gasteiger partial charge in [0.1, 0.15) is 0 Å². The number of hydrogen-bond acceptors (Lipinski definition) is 3. The fourth-order valence-corrected chi connectivity index (χ4v) is 4.36. The first-order chi connectivity index (χ1) is 13.2. The topological polar surface area (TPSA) is 35.5 Å². The van der Waals surface area contributed by atoms with Gasteiger partial charge in [0.15, 0.2) is 5.78 Å². The Kier molecular flexibility index (Phi) is 5.51. The van der Waals surface area contributed by atoms with Crippen LogP contribution in [0.2, 0.25) is 0 Å². The lowest BCUT2D eigenvalue weighted by Crippen LogP contribution is -2.30. The summed E-state index contributed by atoms with van der Waals surface area (Å²) in [6.07, 6.45) is 4.41. The van der Waals surface area contributed by atoms with Gasteiger partial charge in [-0.25, -0.2) is 0 Å². The van der Waals surface area contributed by atoms with Crippen LogP contribution in [0.1, 0.15) is 30.4 Å². The molecule has 0 radical (unpaired) electrons. The van der Waals surface area contributed by atoms with Gasteiger partial charge in [0.2, 0.25) is 0 Å². The molecule has 0 aliphatic heterocycles. The van der Waals surface area contributed by atoms with Crippen molar-refractivity contribution in [3.8, 4) is 0 Å². The Morgan fingerprint density at radius 1 is 0.852 bits per heavy atom. The summed E-state index contributed by atoms with van der Waals surface area (Å²) >= 11 is 0. The number of fused-ring (bicyclic) bond motifs is 1. The van der Waals surface area contributed by atoms with Crippen LogP contribution >= 0.6 is 0 Å². The molecule has 0 amide bonds. The molecule has 2 aliphatic carbocycles. The highest BCUT2D eigenvalue weighted by molar-refractivity contribution is 5.93. The van der Waals surface area contributed by atoms with E-state index < -0.39 is 0 Å². The summed E-state index contributed by atoms with van der Waals surface area (Å²) in [6.45, 7) is 2.56. The van der Waals surface area contributed by atoms with E-state index in [-0.39, 0.29) is 11.2 Å². The van der Waals surface area contributed by atoms with E-state index in [1.165, 1.54) is 16.7 Å². The van der Waals surface area contributed by atoms with Crippen LogP contribution in [0.3, 0.4) is 0 Å². The van der Waals surface area contributed by atoms with Crippen molar-refractivity contribution < 1.29 is 14.3 Å². The summed E-state index contributed by atoms with van der Waals surface area (Å²) < 4.78 is 12.2. The molecular formula is C24H26O3. The molecule has 0 aromatic heterocycles. The third-order valence-corrected chi connectivity index (χ3v) is 5.62. The van der Waals surface area contributed by atoms with Crippen molar-refractivity contribution in [3.05, 3.63) is 83.4 Å². The van der Waals surface area contributed by atoms with Crippen molar-refractivity contribution in [2.45, 2.75) is 32.5 Å². The van der Waals surface area contributed by atoms with E-state index in [0.29, 0.717) is 38.8 Å². The van der Waals surface area contributed by atoms with Gasteiger partial charge >= 0.3 is 0 Å². The maximum absolute atomic E-state index is 11.7. The summed E-state index contributed by atoms with van der Waals surface area (Å²) in [4.78, 5) is 11.7. The fourth-order valence-electron chi connectivity index (χ4n) is 4.36. The number of hydrogen-bond donors (Lipinski definition) is 0. The van der Waals surface area contributed by atoms with Crippen molar-refractivity contribution in [1.82, 2.24) is 0 Å². The largest absolute Gasteiger partial charge is 0.376 e. The Morgan fingerprint density at radius 2 is 1.41 bits per heavy atom. The van der Waals surface area contributed by atoms with E-state index in [0.717, 1.165) is 12.8 Å². The molecule has 0 bridgehead atoms. The molecule has 0 heterocycles. The van der Waals surface area contributed by atoms with Gasteiger partial charge in [-0.1, -0.05) is 66.2 Å². The predicted molar refractivity (Wildman–Crippen MR) is 105 cm³/mol. The molecule has 0 saturated heterocycles. The van der Waals surface area contributed by atoms with Crippen molar-refractivity contribution in [2.24, 2.45) is 11.3 Å². The number of ketones is 1. The number of carbonyl (C=O) groups is 1. The lowest BCUT2D eigenvalue weighted by molar-refractivity contribution is -0.114. The number of carbonyl (C=O) groups excluding carboxylic acids is 1. The number of allylic oxidation sites excluding steroid dienone is 2. The first-order valence-corrected chi connectivity index (χ1v) is 9.69. The maximum Gasteiger partial charge on any atom is 0.156 e. The van der Waals surface area contributed by atoms with Gasteiger partial charge in [-0.05, 0) is 36.0 Å². The number of ether oxygens (including phenoxy) is 2. The normalized spacial score (nSPS) is 20.5. The van der Waals surface area contributed by atoms with Crippen LogP contribution in [-0.2, 0) is 27.5 Å². The minimum Gasteiger partial charge on any atom is -0.376 e. The van der Waals surface area contributed by atoms with E-state index in [1.54, 1.807) is 0 Å². The third kappa shape index (κ3) is 4.55. The first kappa shape index (κ1) is 18.1. The number of rotatable bonds is 8. The van der Waals surface area contributed by atoms with Crippen LogP contribution in [0.25, 0.3) is 0 Å². The second-order valence-electron chi connectivity index (χ2n) is 7.92. The highest BCUT2D eigenvalue weighted by atomic mass is 16.5. The van der Waals surface area contributed by atoms with E-state index in [9.17, 15) is 4.79 Å². The molecule has 1 saturated carbocycles. The molecule has 0 N–H and O–H groups in total. The van der Waals surface area contributed by atoms with Gasteiger partial charge < -0.3 is 9.47 Å². The van der Waals surface area contributed by atoms with Gasteiger partial charge in [-0.2, -0.15) is 0 Å². The average Bonchev–Trinajstić information content (AvgIpc) is 3.17. The lowest BCUT2D eigenvalue weighted by atomic mass is 9.86. The first-order valence-electron chi connectivity index (χ1n) is 9.69. The van der Waals surface area contributed by atoms with Crippen molar-refractivity contribution in [1.29, 1.82) is 0 Å². The minimum atomic E-state index is -0.0270. The molecule has 27 heavy (non-hydrogen) atoms. The van der Waals surface area contributed by atoms with Gasteiger partial charge in [-0.3, -0.25) is 4.79 Å². The molecular weight excluding hydrogens is 336 g/mol. The Balaban J connectivity index is 1.38. The summed E-state index contributed by atoms with van der Waals surface area (Å²) in [5.74, 6) is 0.664. The molecule has 0 spiro atoms. The van der Waals surface area contributed by atoms with Crippen molar-refractivity contribution in [3.63, 3.8) is 0 Å². The quantitative estimate of drug-likeness (QED) is 0.682. The van der Waals surface area contributed by atoms with Gasteiger partial charge in [0.05, 0.1) is 26.4 Å². The maximum atomic E-state index is 11.7. The zero-order valence-electron chi connectivity index (χ0n) is 15.6. The van der Waals surface area contributed by atoms with E-state index in [1.807, 2.05) is 42.5 Å². The predicted octanol–water partition coefficient (Wildman–Crippen LogP) is 4.72. The molecule has 1 unspecified atom stereocenters. The van der Waals surface area contributed by atoms with Crippen LogP contribution in [0, 0.1) is 11.3 Å². The Labute approximate surface area is 161 Å². The zero-order valence-corrected chi connectivity index (χ0v) is 15.6. The lowest BCUT2D eigenvalue weighted by Gasteiger charge is -2.29. The molecule has 2 aromatic carbocycles. The average molecular weight is 362 g/mol. The zero-order chi connectivity index (χ0) is 18.5. The SMILES string of the molecule is O=C1C=C2CC(COCc3ccccc3)(COCc3ccccc3)CC2C1. The summed E-state index contributed by atoms with van der Waals surface area (Å²) in [5.41, 5.74) is 3.64. The van der Waals surface area contributed by atoms with Gasteiger partial charge in [0.25, 0.3) is 0 Å². The second kappa shape index (κ2) is 8.20. The highest BCUT2D eigenvalue weighted by Crippen LogP contribution is 2.49. The smallest absolute Gasteiger partial charge is 0.156 e. The monoisotopic (exact) mass is 362 g/mol. The van der Waals surface area contributed by atoms with Gasteiger partial charge in [-0.15, -0.1) is 0 Å². The van der Waals surface area contributed by atoms with Crippen LogP contribution < -0.4 is 0 Å². The Morgan fingerprint density at radius 3 is 1.93 bits per heavy atom. The Bertz CT molecular complexity index is 749. The Hall–Kier alpha value is -2.23. The van der Waals surface area contributed by atoms with E-state index >= 15 is 0 Å². The molecule has 1 fully saturated rings. The second-order valence-corrected chi connectivity index (χ2v) is 7.92. The van der Waals surface area contributed by atoms with Crippen LogP contribution in [0.5, 0.6) is 0 Å². The molecule has 2 aliphatic rings. The highest BCUT2D eigenvalue weighted by Gasteiger charge is 2.45. The summed E-state index contributed by atoms with van der Waals surface area (Å²) in [6, 6.07) is 20.5. The van der Waals surface area contributed by atoms with Gasteiger partial charge in [0, 0.05) is 11.8 Å². The molecule has 3 nitrogen and oxygen atoms in total. The third-order valence-electron chi connectivity index (χ3n) is 5.62. The van der Waals surface area contributed by atoms with Crippen LogP contribution in [0.15, 0.2) is 72.3 Å². The van der Waals surface area contributed by atoms with E-state index in [4.69, 9.17) is 9.47 Å². The van der Waals surface area contributed by atoms with Crippen molar-refractivity contribution in [2.75, 3.05) is 13.2 Å². The fraction of sp³-hybridized carbons (Fsp3) is 0.375. The minimum absolute atomic E-state index is 0.0270. The molecule has 2 aromatic rings. The standard InChI is InChI=1S/C24H26O3/c25-23-11-21-13-24(14-22(21)12-23,17-26-15-19-7-3-1-4-8-19)18-27-16-20-9-5-2-6-10-20/h1-11,22H,12-18H2. The summed E-state index contributed by atoms with van der Waals surface area (Å²) in [7, 11) is 0.